The van der Waals surface area contributed by atoms with Crippen molar-refractivity contribution in [2.24, 2.45) is 0 Å². The molecular formula is C21H24FNO2. The van der Waals surface area contributed by atoms with Gasteiger partial charge >= 0.3 is 0 Å². The standard InChI is InChI=1S/C21H24FNO2/c22-19-9-4-8-18(14-19)16-25-20-10-5-13-23(15-20)21(24)12-11-17-6-2-1-3-7-17/h1-4,6-9,14,20H,5,10-13,15-16H2/t20-/m1/s1. The minimum absolute atomic E-state index is 0.0256. The Bertz CT molecular complexity index is 689. The lowest BCUT2D eigenvalue weighted by Crippen LogP contribution is -2.43. The van der Waals surface area contributed by atoms with Crippen molar-refractivity contribution in [1.82, 2.24) is 4.90 Å². The third kappa shape index (κ3) is 5.40. The number of likely N-dealkylation sites (tertiary alicyclic amines) is 1. The van der Waals surface area contributed by atoms with Crippen LogP contribution in [0.3, 0.4) is 0 Å². The lowest BCUT2D eigenvalue weighted by molar-refractivity contribution is -0.135. The summed E-state index contributed by atoms with van der Waals surface area (Å²) >= 11 is 0. The summed E-state index contributed by atoms with van der Waals surface area (Å²) in [5, 5.41) is 0. The van der Waals surface area contributed by atoms with Gasteiger partial charge in [-0.25, -0.2) is 4.39 Å². The maximum atomic E-state index is 13.2. The second-order valence-electron chi connectivity index (χ2n) is 6.53. The van der Waals surface area contributed by atoms with Gasteiger partial charge in [-0.05, 0) is 42.5 Å². The van der Waals surface area contributed by atoms with Crippen LogP contribution in [0.5, 0.6) is 0 Å². The van der Waals surface area contributed by atoms with E-state index in [9.17, 15) is 9.18 Å². The summed E-state index contributed by atoms with van der Waals surface area (Å²) < 4.78 is 19.1. The number of carbonyl (C=O) groups is 1. The second-order valence-corrected chi connectivity index (χ2v) is 6.53. The van der Waals surface area contributed by atoms with E-state index in [-0.39, 0.29) is 17.8 Å². The molecule has 132 valence electrons. The van der Waals surface area contributed by atoms with Crippen LogP contribution in [0.2, 0.25) is 0 Å². The van der Waals surface area contributed by atoms with E-state index in [4.69, 9.17) is 4.74 Å². The first kappa shape index (κ1) is 17.6. The summed E-state index contributed by atoms with van der Waals surface area (Å²) in [6, 6.07) is 16.5. The van der Waals surface area contributed by atoms with Crippen LogP contribution < -0.4 is 0 Å². The van der Waals surface area contributed by atoms with Crippen LogP contribution in [-0.4, -0.2) is 30.0 Å². The van der Waals surface area contributed by atoms with Gasteiger partial charge in [-0.3, -0.25) is 4.79 Å². The van der Waals surface area contributed by atoms with Crippen LogP contribution in [-0.2, 0) is 22.6 Å². The van der Waals surface area contributed by atoms with E-state index in [2.05, 4.69) is 0 Å². The SMILES string of the molecule is O=C(CCc1ccccc1)N1CCC[C@@H](OCc2cccc(F)c2)C1. The van der Waals surface area contributed by atoms with Gasteiger partial charge in [0.2, 0.25) is 5.91 Å². The predicted molar refractivity (Wildman–Crippen MR) is 95.6 cm³/mol. The zero-order chi connectivity index (χ0) is 17.5. The molecule has 0 spiro atoms. The summed E-state index contributed by atoms with van der Waals surface area (Å²) in [6.45, 7) is 1.81. The van der Waals surface area contributed by atoms with Crippen molar-refractivity contribution in [1.29, 1.82) is 0 Å². The summed E-state index contributed by atoms with van der Waals surface area (Å²) in [5.41, 5.74) is 2.01. The molecule has 0 radical (unpaired) electrons. The number of halogens is 1. The smallest absolute Gasteiger partial charge is 0.222 e. The van der Waals surface area contributed by atoms with Crippen LogP contribution in [0.25, 0.3) is 0 Å². The van der Waals surface area contributed by atoms with E-state index in [0.717, 1.165) is 31.4 Å². The quantitative estimate of drug-likeness (QED) is 0.796. The molecule has 0 bridgehead atoms. The Hall–Kier alpha value is -2.20. The molecule has 1 atom stereocenters. The Morgan fingerprint density at radius 3 is 2.72 bits per heavy atom. The fraction of sp³-hybridized carbons (Fsp3) is 0.381. The lowest BCUT2D eigenvalue weighted by Gasteiger charge is -2.33. The molecule has 1 heterocycles. The Morgan fingerprint density at radius 2 is 1.92 bits per heavy atom. The fourth-order valence-electron chi connectivity index (χ4n) is 3.20. The maximum absolute atomic E-state index is 13.2. The highest BCUT2D eigenvalue weighted by atomic mass is 19.1. The molecule has 4 heteroatoms. The van der Waals surface area contributed by atoms with Crippen molar-refractivity contribution in [2.45, 2.75) is 38.4 Å². The molecule has 25 heavy (non-hydrogen) atoms. The van der Waals surface area contributed by atoms with Gasteiger partial charge in [-0.15, -0.1) is 0 Å². The van der Waals surface area contributed by atoms with Gasteiger partial charge in [0, 0.05) is 19.5 Å². The monoisotopic (exact) mass is 341 g/mol. The van der Waals surface area contributed by atoms with Gasteiger partial charge in [-0.1, -0.05) is 42.5 Å². The Labute approximate surface area is 148 Å². The molecule has 0 N–H and O–H groups in total. The number of aryl methyl sites for hydroxylation is 1. The summed E-state index contributed by atoms with van der Waals surface area (Å²) in [6.07, 6.45) is 3.21. The Morgan fingerprint density at radius 1 is 1.12 bits per heavy atom. The van der Waals surface area contributed by atoms with Gasteiger partial charge < -0.3 is 9.64 Å². The molecule has 0 saturated carbocycles. The van der Waals surface area contributed by atoms with Gasteiger partial charge in [0.1, 0.15) is 5.82 Å². The highest BCUT2D eigenvalue weighted by molar-refractivity contribution is 5.76. The topological polar surface area (TPSA) is 29.5 Å². The number of amides is 1. The number of piperidine rings is 1. The fourth-order valence-corrected chi connectivity index (χ4v) is 3.20. The van der Waals surface area contributed by atoms with Gasteiger partial charge in [-0.2, -0.15) is 0 Å². The Balaban J connectivity index is 1.46. The number of carbonyl (C=O) groups excluding carboxylic acids is 1. The predicted octanol–water partition coefficient (Wildman–Crippen LogP) is 3.97. The third-order valence-corrected chi connectivity index (χ3v) is 4.58. The summed E-state index contributed by atoms with van der Waals surface area (Å²) in [7, 11) is 0. The number of hydrogen-bond acceptors (Lipinski definition) is 2. The average Bonchev–Trinajstić information content (AvgIpc) is 2.65. The van der Waals surface area contributed by atoms with Crippen molar-refractivity contribution in [2.75, 3.05) is 13.1 Å². The molecule has 1 aliphatic rings. The molecule has 2 aromatic carbocycles. The van der Waals surface area contributed by atoms with E-state index < -0.39 is 0 Å². The van der Waals surface area contributed by atoms with Crippen LogP contribution in [0, 0.1) is 5.82 Å². The van der Waals surface area contributed by atoms with E-state index in [1.807, 2.05) is 41.3 Å². The second kappa shape index (κ2) is 8.77. The zero-order valence-corrected chi connectivity index (χ0v) is 14.4. The molecule has 1 amide bonds. The minimum Gasteiger partial charge on any atom is -0.372 e. The van der Waals surface area contributed by atoms with Crippen molar-refractivity contribution in [3.63, 3.8) is 0 Å². The molecule has 0 unspecified atom stereocenters. The van der Waals surface area contributed by atoms with Crippen molar-refractivity contribution < 1.29 is 13.9 Å². The van der Waals surface area contributed by atoms with E-state index in [1.54, 1.807) is 6.07 Å². The molecule has 1 fully saturated rings. The molecule has 1 aliphatic heterocycles. The lowest BCUT2D eigenvalue weighted by atomic mass is 10.1. The van der Waals surface area contributed by atoms with Crippen LogP contribution >= 0.6 is 0 Å². The molecular weight excluding hydrogens is 317 g/mol. The van der Waals surface area contributed by atoms with Gasteiger partial charge in [0.05, 0.1) is 12.7 Å². The molecule has 0 aromatic heterocycles. The van der Waals surface area contributed by atoms with E-state index >= 15 is 0 Å². The molecule has 3 nitrogen and oxygen atoms in total. The van der Waals surface area contributed by atoms with Crippen molar-refractivity contribution in [3.05, 3.63) is 71.5 Å². The zero-order valence-electron chi connectivity index (χ0n) is 14.4. The number of hydrogen-bond donors (Lipinski definition) is 0. The normalized spacial score (nSPS) is 17.5. The third-order valence-electron chi connectivity index (χ3n) is 4.58. The number of ether oxygens (including phenoxy) is 1. The molecule has 3 rings (SSSR count). The number of nitrogens with zero attached hydrogens (tertiary/aromatic N) is 1. The number of rotatable bonds is 6. The molecule has 1 saturated heterocycles. The molecule has 2 aromatic rings. The van der Waals surface area contributed by atoms with Gasteiger partial charge in [0.25, 0.3) is 0 Å². The van der Waals surface area contributed by atoms with E-state index in [0.29, 0.717) is 19.6 Å². The van der Waals surface area contributed by atoms with Crippen LogP contribution in [0.4, 0.5) is 4.39 Å². The first-order chi connectivity index (χ1) is 12.2. The Kier molecular flexibility index (Phi) is 6.18. The van der Waals surface area contributed by atoms with Crippen LogP contribution in [0.1, 0.15) is 30.4 Å². The van der Waals surface area contributed by atoms with Crippen molar-refractivity contribution in [3.8, 4) is 0 Å². The van der Waals surface area contributed by atoms with Gasteiger partial charge in [0.15, 0.2) is 0 Å². The maximum Gasteiger partial charge on any atom is 0.222 e. The minimum atomic E-state index is -0.248. The van der Waals surface area contributed by atoms with E-state index in [1.165, 1.54) is 17.7 Å². The highest BCUT2D eigenvalue weighted by Crippen LogP contribution is 2.17. The first-order valence-corrected chi connectivity index (χ1v) is 8.88. The summed E-state index contributed by atoms with van der Waals surface area (Å²) in [4.78, 5) is 14.4. The number of benzene rings is 2. The largest absolute Gasteiger partial charge is 0.372 e. The summed E-state index contributed by atoms with van der Waals surface area (Å²) in [5.74, 6) is -0.0645. The van der Waals surface area contributed by atoms with Crippen molar-refractivity contribution >= 4 is 5.91 Å². The average molecular weight is 341 g/mol. The first-order valence-electron chi connectivity index (χ1n) is 8.88. The highest BCUT2D eigenvalue weighted by Gasteiger charge is 2.23. The van der Waals surface area contributed by atoms with Crippen LogP contribution in [0.15, 0.2) is 54.6 Å². The molecule has 0 aliphatic carbocycles.